The molecule has 0 spiro atoms. The van der Waals surface area contributed by atoms with E-state index in [0.29, 0.717) is 18.0 Å². The Morgan fingerprint density at radius 1 is 1.03 bits per heavy atom. The number of nitrogens with zero attached hydrogens (tertiary/aromatic N) is 4. The fourth-order valence-electron chi connectivity index (χ4n) is 5.08. The highest BCUT2D eigenvalue weighted by Gasteiger charge is 2.44. The summed E-state index contributed by atoms with van der Waals surface area (Å²) in [6.07, 6.45) is 5.99. The molecule has 3 aliphatic rings. The molecule has 0 radical (unpaired) electrons. The second kappa shape index (κ2) is 7.01. The Balaban J connectivity index is 1.58. The summed E-state index contributed by atoms with van der Waals surface area (Å²) in [5.41, 5.74) is 2.54. The molecule has 6 heteroatoms. The molecule has 1 aromatic heterocycles. The van der Waals surface area contributed by atoms with Gasteiger partial charge in [0.15, 0.2) is 0 Å². The van der Waals surface area contributed by atoms with E-state index in [-0.39, 0.29) is 23.9 Å². The SMILES string of the molecule is CN(C)C(=O)c1nc(-c2ccccc2)n2c1C[C@@H]1CC[C@H](C2)N1C(=O)C1CCC1. The Morgan fingerprint density at radius 3 is 2.41 bits per heavy atom. The fraction of sp³-hybridized carbons (Fsp3) is 0.522. The van der Waals surface area contributed by atoms with Gasteiger partial charge in [0, 0.05) is 44.6 Å². The van der Waals surface area contributed by atoms with E-state index in [9.17, 15) is 9.59 Å². The maximum atomic E-state index is 13.2. The lowest BCUT2D eigenvalue weighted by Gasteiger charge is -2.35. The second-order valence-electron chi connectivity index (χ2n) is 8.87. The van der Waals surface area contributed by atoms with Crippen LogP contribution in [0.15, 0.2) is 30.3 Å². The number of aromatic nitrogens is 2. The van der Waals surface area contributed by atoms with Gasteiger partial charge in [0.1, 0.15) is 11.5 Å². The highest BCUT2D eigenvalue weighted by Crippen LogP contribution is 2.39. The van der Waals surface area contributed by atoms with E-state index < -0.39 is 0 Å². The van der Waals surface area contributed by atoms with Crippen molar-refractivity contribution in [3.05, 3.63) is 41.7 Å². The topological polar surface area (TPSA) is 58.4 Å². The van der Waals surface area contributed by atoms with Crippen LogP contribution in [0.2, 0.25) is 0 Å². The monoisotopic (exact) mass is 392 g/mol. The summed E-state index contributed by atoms with van der Waals surface area (Å²) in [4.78, 5) is 34.7. The molecular weight excluding hydrogens is 364 g/mol. The Labute approximate surface area is 171 Å². The summed E-state index contributed by atoms with van der Waals surface area (Å²) in [6.45, 7) is 0.724. The molecule has 1 aromatic carbocycles. The van der Waals surface area contributed by atoms with E-state index in [0.717, 1.165) is 49.3 Å². The highest BCUT2D eigenvalue weighted by molar-refractivity contribution is 5.94. The number of benzene rings is 1. The molecule has 3 heterocycles. The summed E-state index contributed by atoms with van der Waals surface area (Å²) in [6, 6.07) is 10.5. The fourth-order valence-corrected chi connectivity index (χ4v) is 5.08. The first-order valence-corrected chi connectivity index (χ1v) is 10.7. The first kappa shape index (κ1) is 18.4. The molecule has 5 rings (SSSR count). The predicted molar refractivity (Wildman–Crippen MR) is 110 cm³/mol. The largest absolute Gasteiger partial charge is 0.343 e. The average Bonchev–Trinajstić information content (AvgIpc) is 3.16. The zero-order chi connectivity index (χ0) is 20.1. The van der Waals surface area contributed by atoms with Crippen molar-refractivity contribution in [3.63, 3.8) is 0 Å². The molecule has 2 atom stereocenters. The van der Waals surface area contributed by atoms with Crippen LogP contribution in [-0.2, 0) is 17.8 Å². The number of rotatable bonds is 3. The molecule has 2 aliphatic heterocycles. The number of hydrogen-bond donors (Lipinski definition) is 0. The first-order valence-electron chi connectivity index (χ1n) is 10.7. The van der Waals surface area contributed by atoms with Gasteiger partial charge < -0.3 is 14.4 Å². The molecular formula is C23H28N4O2. The lowest BCUT2D eigenvalue weighted by Crippen LogP contribution is -2.46. The molecule has 6 nitrogen and oxygen atoms in total. The third-order valence-electron chi connectivity index (χ3n) is 6.86. The predicted octanol–water partition coefficient (Wildman–Crippen LogP) is 2.97. The summed E-state index contributed by atoms with van der Waals surface area (Å²) >= 11 is 0. The summed E-state index contributed by atoms with van der Waals surface area (Å²) < 4.78 is 2.22. The molecule has 1 saturated carbocycles. The minimum Gasteiger partial charge on any atom is -0.343 e. The molecule has 0 N–H and O–H groups in total. The van der Waals surface area contributed by atoms with Crippen LogP contribution >= 0.6 is 0 Å². The number of carbonyl (C=O) groups is 2. The van der Waals surface area contributed by atoms with E-state index in [1.165, 1.54) is 6.42 Å². The zero-order valence-electron chi connectivity index (χ0n) is 17.2. The first-order chi connectivity index (χ1) is 14.0. The Bertz CT molecular complexity index is 945. The van der Waals surface area contributed by atoms with Gasteiger partial charge in [0.05, 0.1) is 11.7 Å². The molecule has 1 aliphatic carbocycles. The van der Waals surface area contributed by atoms with Crippen molar-refractivity contribution in [2.24, 2.45) is 5.92 Å². The second-order valence-corrected chi connectivity index (χ2v) is 8.87. The lowest BCUT2D eigenvalue weighted by molar-refractivity contribution is -0.141. The van der Waals surface area contributed by atoms with E-state index >= 15 is 0 Å². The number of amides is 2. The van der Waals surface area contributed by atoms with E-state index in [1.807, 2.05) is 30.3 Å². The van der Waals surface area contributed by atoms with Crippen molar-refractivity contribution in [3.8, 4) is 11.4 Å². The molecule has 1 saturated heterocycles. The van der Waals surface area contributed by atoms with Crippen molar-refractivity contribution in [1.82, 2.24) is 19.4 Å². The quantitative estimate of drug-likeness (QED) is 0.807. The molecule has 29 heavy (non-hydrogen) atoms. The molecule has 2 bridgehead atoms. The van der Waals surface area contributed by atoms with Crippen molar-refractivity contribution < 1.29 is 9.59 Å². The zero-order valence-corrected chi connectivity index (χ0v) is 17.2. The number of fused-ring (bicyclic) bond motifs is 3. The highest BCUT2D eigenvalue weighted by atomic mass is 16.2. The lowest BCUT2D eigenvalue weighted by atomic mass is 9.84. The van der Waals surface area contributed by atoms with Crippen LogP contribution in [-0.4, -0.2) is 57.3 Å². The van der Waals surface area contributed by atoms with Crippen molar-refractivity contribution in [1.29, 1.82) is 0 Å². The van der Waals surface area contributed by atoms with E-state index in [1.54, 1.807) is 19.0 Å². The Kier molecular flexibility index (Phi) is 4.45. The van der Waals surface area contributed by atoms with Gasteiger partial charge in [-0.25, -0.2) is 4.98 Å². The summed E-state index contributed by atoms with van der Waals surface area (Å²) in [5.74, 6) is 1.33. The van der Waals surface area contributed by atoms with Gasteiger partial charge in [-0.1, -0.05) is 36.8 Å². The minimum atomic E-state index is -0.0643. The van der Waals surface area contributed by atoms with Gasteiger partial charge in [-0.2, -0.15) is 0 Å². The third kappa shape index (κ3) is 2.96. The van der Waals surface area contributed by atoms with Crippen LogP contribution in [0.1, 0.15) is 48.3 Å². The van der Waals surface area contributed by atoms with Crippen molar-refractivity contribution >= 4 is 11.8 Å². The summed E-state index contributed by atoms with van der Waals surface area (Å²) in [7, 11) is 3.54. The molecule has 2 fully saturated rings. The number of imidazole rings is 1. The van der Waals surface area contributed by atoms with Gasteiger partial charge in [-0.3, -0.25) is 9.59 Å². The van der Waals surface area contributed by atoms with Crippen LogP contribution in [0.3, 0.4) is 0 Å². The molecule has 2 amide bonds. The molecule has 2 aromatic rings. The summed E-state index contributed by atoms with van der Waals surface area (Å²) in [5, 5.41) is 0. The maximum Gasteiger partial charge on any atom is 0.273 e. The average molecular weight is 393 g/mol. The van der Waals surface area contributed by atoms with Gasteiger partial charge in [0.2, 0.25) is 5.91 Å². The number of hydrogen-bond acceptors (Lipinski definition) is 3. The maximum absolute atomic E-state index is 13.2. The van der Waals surface area contributed by atoms with Crippen LogP contribution in [0, 0.1) is 5.92 Å². The Hall–Kier alpha value is -2.63. The minimum absolute atomic E-state index is 0.0643. The van der Waals surface area contributed by atoms with Crippen molar-refractivity contribution in [2.45, 2.75) is 57.2 Å². The van der Waals surface area contributed by atoms with Gasteiger partial charge >= 0.3 is 0 Å². The smallest absolute Gasteiger partial charge is 0.273 e. The van der Waals surface area contributed by atoms with Gasteiger partial charge in [-0.15, -0.1) is 0 Å². The van der Waals surface area contributed by atoms with E-state index in [2.05, 4.69) is 9.47 Å². The normalized spacial score (nSPS) is 23.3. The third-order valence-corrected chi connectivity index (χ3v) is 6.86. The van der Waals surface area contributed by atoms with E-state index in [4.69, 9.17) is 4.98 Å². The Morgan fingerprint density at radius 2 is 1.76 bits per heavy atom. The standard InChI is InChI=1S/C23H28N4O2/c1-25(2)23(29)20-19-13-17-11-12-18(27(17)22(28)16-9-6-10-16)14-26(19)21(24-20)15-7-4-3-5-8-15/h3-5,7-8,16-18H,6,9-14H2,1-2H3/t17-,18+/m0/s1. The van der Waals surface area contributed by atoms with Crippen LogP contribution in [0.5, 0.6) is 0 Å². The van der Waals surface area contributed by atoms with Crippen LogP contribution in [0.25, 0.3) is 11.4 Å². The molecule has 152 valence electrons. The van der Waals surface area contributed by atoms with Gasteiger partial charge in [0.25, 0.3) is 5.91 Å². The van der Waals surface area contributed by atoms with Crippen LogP contribution < -0.4 is 0 Å². The van der Waals surface area contributed by atoms with Gasteiger partial charge in [-0.05, 0) is 25.7 Å². The van der Waals surface area contributed by atoms with Crippen LogP contribution in [0.4, 0.5) is 0 Å². The van der Waals surface area contributed by atoms with Crippen molar-refractivity contribution in [2.75, 3.05) is 14.1 Å². The number of carbonyl (C=O) groups excluding carboxylic acids is 2. The molecule has 0 unspecified atom stereocenters.